The average molecular weight is 541 g/mol. The molecule has 0 aliphatic carbocycles. The smallest absolute Gasteiger partial charge is 0.227 e. The number of aldehydes is 2. The second-order valence-electron chi connectivity index (χ2n) is 9.41. The van der Waals surface area contributed by atoms with E-state index in [2.05, 4.69) is 35.9 Å². The van der Waals surface area contributed by atoms with Crippen molar-refractivity contribution in [2.75, 3.05) is 14.2 Å². The molecule has 0 atom stereocenters. The maximum Gasteiger partial charge on any atom is 0.227 e. The molecule has 0 amide bonds. The average Bonchev–Trinajstić information content (AvgIpc) is 2.96. The van der Waals surface area contributed by atoms with Crippen LogP contribution in [0.2, 0.25) is 0 Å². The highest BCUT2D eigenvalue weighted by Gasteiger charge is 2.15. The summed E-state index contributed by atoms with van der Waals surface area (Å²) < 4.78 is 22.6. The Labute approximate surface area is 233 Å². The minimum absolute atomic E-state index is 0.235. The maximum atomic E-state index is 11.3. The number of aromatic nitrogens is 2. The summed E-state index contributed by atoms with van der Waals surface area (Å²) in [6, 6.07) is 15.7. The van der Waals surface area contributed by atoms with Gasteiger partial charge < -0.3 is 18.9 Å². The van der Waals surface area contributed by atoms with Crippen LogP contribution in [0, 0.1) is 27.7 Å². The van der Waals surface area contributed by atoms with Gasteiger partial charge in [0.15, 0.2) is 12.6 Å². The summed E-state index contributed by atoms with van der Waals surface area (Å²) in [6.07, 6.45) is 1.44. The Morgan fingerprint density at radius 2 is 1.02 bits per heavy atom. The molecule has 40 heavy (non-hydrogen) atoms. The van der Waals surface area contributed by atoms with Crippen LogP contribution in [-0.2, 0) is 13.2 Å². The van der Waals surface area contributed by atoms with E-state index in [0.29, 0.717) is 36.1 Å². The molecule has 8 nitrogen and oxygen atoms in total. The van der Waals surface area contributed by atoms with E-state index >= 15 is 0 Å². The fraction of sp³-hybridized carbons (Fsp3) is 0.250. The second-order valence-corrected chi connectivity index (χ2v) is 9.41. The van der Waals surface area contributed by atoms with E-state index in [4.69, 9.17) is 18.9 Å². The molecule has 4 rings (SSSR count). The van der Waals surface area contributed by atoms with E-state index in [1.807, 2.05) is 38.1 Å². The van der Waals surface area contributed by atoms with Gasteiger partial charge in [0.1, 0.15) is 13.2 Å². The third-order valence-electron chi connectivity index (χ3n) is 6.87. The largest absolute Gasteiger partial charge is 0.480 e. The monoisotopic (exact) mass is 540 g/mol. The SMILES string of the molecule is COc1nc(OCc2cccc(-c3cccc(COc4nc(OC)c(C=O)cc4C)c3C)c2C)c(C)cc1C=O. The fourth-order valence-corrected chi connectivity index (χ4v) is 4.55. The third-order valence-corrected chi connectivity index (χ3v) is 6.87. The lowest BCUT2D eigenvalue weighted by molar-refractivity contribution is 0.111. The number of rotatable bonds is 11. The molecule has 2 aromatic carbocycles. The van der Waals surface area contributed by atoms with E-state index in [-0.39, 0.29) is 11.8 Å². The van der Waals surface area contributed by atoms with Gasteiger partial charge in [0.25, 0.3) is 0 Å². The molecule has 0 saturated heterocycles. The van der Waals surface area contributed by atoms with Gasteiger partial charge in [0.2, 0.25) is 23.5 Å². The molecule has 0 bridgehead atoms. The van der Waals surface area contributed by atoms with Crippen molar-refractivity contribution < 1.29 is 28.5 Å². The molecule has 0 unspecified atom stereocenters. The molecule has 0 aliphatic heterocycles. The fourth-order valence-electron chi connectivity index (χ4n) is 4.55. The lowest BCUT2D eigenvalue weighted by Crippen LogP contribution is -2.05. The molecule has 0 N–H and O–H groups in total. The van der Waals surface area contributed by atoms with Gasteiger partial charge in [-0.05, 0) is 73.2 Å². The molecule has 2 aromatic heterocycles. The number of ether oxygens (including phenoxy) is 4. The minimum Gasteiger partial charge on any atom is -0.480 e. The molecular weight excluding hydrogens is 508 g/mol. The van der Waals surface area contributed by atoms with E-state index in [1.54, 1.807) is 12.1 Å². The van der Waals surface area contributed by atoms with E-state index in [9.17, 15) is 9.59 Å². The van der Waals surface area contributed by atoms with E-state index < -0.39 is 0 Å². The van der Waals surface area contributed by atoms with Crippen molar-refractivity contribution in [3.8, 4) is 34.6 Å². The molecule has 0 spiro atoms. The van der Waals surface area contributed by atoms with Crippen molar-refractivity contribution in [1.29, 1.82) is 0 Å². The Bertz CT molecular complexity index is 1450. The highest BCUT2D eigenvalue weighted by molar-refractivity contribution is 5.79. The lowest BCUT2D eigenvalue weighted by Gasteiger charge is -2.17. The topological polar surface area (TPSA) is 96.8 Å². The summed E-state index contributed by atoms with van der Waals surface area (Å²) in [5.41, 5.74) is 8.65. The highest BCUT2D eigenvalue weighted by atomic mass is 16.5. The van der Waals surface area contributed by atoms with Gasteiger partial charge in [-0.2, -0.15) is 9.97 Å². The third kappa shape index (κ3) is 5.81. The van der Waals surface area contributed by atoms with E-state index in [0.717, 1.165) is 57.1 Å². The zero-order valence-electron chi connectivity index (χ0n) is 23.5. The molecule has 206 valence electrons. The summed E-state index contributed by atoms with van der Waals surface area (Å²) in [6.45, 7) is 8.45. The molecule has 2 heterocycles. The zero-order chi connectivity index (χ0) is 28.8. The number of nitrogens with zero attached hydrogens (tertiary/aromatic N) is 2. The summed E-state index contributed by atoms with van der Waals surface area (Å²) in [5.74, 6) is 1.31. The van der Waals surface area contributed by atoms with Gasteiger partial charge in [-0.3, -0.25) is 9.59 Å². The molecular formula is C32H32N2O6. The van der Waals surface area contributed by atoms with Gasteiger partial charge in [-0.1, -0.05) is 36.4 Å². The number of hydrogen-bond donors (Lipinski definition) is 0. The number of carbonyl (C=O) groups excluding carboxylic acids is 2. The zero-order valence-corrected chi connectivity index (χ0v) is 23.5. The van der Waals surface area contributed by atoms with Crippen LogP contribution in [0.4, 0.5) is 0 Å². The molecule has 0 aliphatic rings. The Balaban J connectivity index is 1.57. The molecule has 8 heteroatoms. The van der Waals surface area contributed by atoms with Crippen LogP contribution >= 0.6 is 0 Å². The van der Waals surface area contributed by atoms with Crippen LogP contribution in [0.15, 0.2) is 48.5 Å². The van der Waals surface area contributed by atoms with Gasteiger partial charge in [-0.15, -0.1) is 0 Å². The van der Waals surface area contributed by atoms with Crippen LogP contribution in [0.25, 0.3) is 11.1 Å². The Kier molecular flexibility index (Phi) is 8.79. The number of hydrogen-bond acceptors (Lipinski definition) is 8. The van der Waals surface area contributed by atoms with Gasteiger partial charge in [-0.25, -0.2) is 0 Å². The number of carbonyl (C=O) groups is 2. The number of benzene rings is 2. The Morgan fingerprint density at radius 1 is 0.625 bits per heavy atom. The van der Waals surface area contributed by atoms with Crippen molar-refractivity contribution in [3.05, 3.63) is 93.0 Å². The van der Waals surface area contributed by atoms with Crippen LogP contribution < -0.4 is 18.9 Å². The predicted octanol–water partition coefficient (Wildman–Crippen LogP) is 6.18. The van der Waals surface area contributed by atoms with Crippen molar-refractivity contribution in [2.45, 2.75) is 40.9 Å². The number of methoxy groups -OCH3 is 2. The summed E-state index contributed by atoms with van der Waals surface area (Å²) in [5, 5.41) is 0. The summed E-state index contributed by atoms with van der Waals surface area (Å²) >= 11 is 0. The first-order valence-corrected chi connectivity index (χ1v) is 12.8. The molecule has 0 radical (unpaired) electrons. The molecule has 0 fully saturated rings. The minimum atomic E-state index is 0.235. The molecule has 4 aromatic rings. The first kappa shape index (κ1) is 28.3. The maximum absolute atomic E-state index is 11.3. The van der Waals surface area contributed by atoms with Crippen molar-refractivity contribution >= 4 is 12.6 Å². The van der Waals surface area contributed by atoms with Gasteiger partial charge >= 0.3 is 0 Å². The van der Waals surface area contributed by atoms with Crippen LogP contribution in [0.1, 0.15) is 54.1 Å². The number of pyridine rings is 2. The predicted molar refractivity (Wildman–Crippen MR) is 152 cm³/mol. The highest BCUT2D eigenvalue weighted by Crippen LogP contribution is 2.32. The Morgan fingerprint density at radius 3 is 1.38 bits per heavy atom. The summed E-state index contributed by atoms with van der Waals surface area (Å²) in [7, 11) is 2.95. The van der Waals surface area contributed by atoms with Crippen molar-refractivity contribution in [3.63, 3.8) is 0 Å². The van der Waals surface area contributed by atoms with E-state index in [1.165, 1.54) is 14.2 Å². The summed E-state index contributed by atoms with van der Waals surface area (Å²) in [4.78, 5) is 31.3. The normalized spacial score (nSPS) is 10.7. The Hall–Kier alpha value is -4.72. The van der Waals surface area contributed by atoms with Crippen molar-refractivity contribution in [2.24, 2.45) is 0 Å². The van der Waals surface area contributed by atoms with Crippen molar-refractivity contribution in [1.82, 2.24) is 9.97 Å². The lowest BCUT2D eigenvalue weighted by atomic mass is 9.92. The number of aryl methyl sites for hydroxylation is 2. The van der Waals surface area contributed by atoms with Crippen LogP contribution in [0.5, 0.6) is 23.5 Å². The molecule has 0 saturated carbocycles. The van der Waals surface area contributed by atoms with Gasteiger partial charge in [0, 0.05) is 11.1 Å². The van der Waals surface area contributed by atoms with Crippen LogP contribution in [0.3, 0.4) is 0 Å². The first-order valence-electron chi connectivity index (χ1n) is 12.8. The first-order chi connectivity index (χ1) is 19.3. The standard InChI is InChI=1S/C32H32N2O6/c1-19-13-25(15-35)31(37-5)33-29(19)39-17-23-9-7-11-27(21(23)3)28-12-8-10-24(22(28)4)18-40-30-20(2)14-26(16-36)32(34-30)38-6/h7-16H,17-18H2,1-6H3. The van der Waals surface area contributed by atoms with Crippen LogP contribution in [-0.4, -0.2) is 36.8 Å². The van der Waals surface area contributed by atoms with Gasteiger partial charge in [0.05, 0.1) is 25.3 Å². The quantitative estimate of drug-likeness (QED) is 0.208. The second kappa shape index (κ2) is 12.4.